The molecule has 0 aliphatic heterocycles. The number of anilines is 1. The number of aryl methyl sites for hydroxylation is 1. The Kier molecular flexibility index (Phi) is 4.88. The summed E-state index contributed by atoms with van der Waals surface area (Å²) in [4.78, 5) is 11.7. The molecule has 4 nitrogen and oxygen atoms in total. The maximum absolute atomic E-state index is 12.9. The quantitative estimate of drug-likeness (QED) is 0.786. The number of rotatable bonds is 5. The zero-order chi connectivity index (χ0) is 16.3. The van der Waals surface area contributed by atoms with Crippen molar-refractivity contribution in [3.05, 3.63) is 60.2 Å². The molecule has 0 saturated carbocycles. The lowest BCUT2D eigenvalue weighted by molar-refractivity contribution is -0.112. The number of benzene rings is 2. The molecule has 0 fully saturated rings. The number of hydrogen-bond donors (Lipinski definition) is 0. The summed E-state index contributed by atoms with van der Waals surface area (Å²) in [7, 11) is -3.89. The maximum atomic E-state index is 12.9. The number of sulfonamides is 1. The minimum atomic E-state index is -3.89. The SMILES string of the molecule is Cc1ccc(S(=O)(=O)N(c2ccccc2)C(C)C(=O)Cl)cc1. The largest absolute Gasteiger partial charge is 0.279 e. The van der Waals surface area contributed by atoms with E-state index in [0.717, 1.165) is 9.87 Å². The number of nitrogens with zero attached hydrogens (tertiary/aromatic N) is 1. The van der Waals surface area contributed by atoms with Gasteiger partial charge in [-0.15, -0.1) is 0 Å². The van der Waals surface area contributed by atoms with Gasteiger partial charge in [-0.2, -0.15) is 0 Å². The van der Waals surface area contributed by atoms with Gasteiger partial charge >= 0.3 is 0 Å². The van der Waals surface area contributed by atoms with Crippen LogP contribution in [0.3, 0.4) is 0 Å². The summed E-state index contributed by atoms with van der Waals surface area (Å²) in [5.41, 5.74) is 1.34. The van der Waals surface area contributed by atoms with Gasteiger partial charge in [0.1, 0.15) is 6.04 Å². The van der Waals surface area contributed by atoms with E-state index in [2.05, 4.69) is 0 Å². The molecule has 0 aromatic heterocycles. The van der Waals surface area contributed by atoms with Gasteiger partial charge in [0.25, 0.3) is 10.0 Å². The summed E-state index contributed by atoms with van der Waals surface area (Å²) in [6, 6.07) is 13.9. The van der Waals surface area contributed by atoms with E-state index in [-0.39, 0.29) is 4.90 Å². The summed E-state index contributed by atoms with van der Waals surface area (Å²) < 4.78 is 26.9. The van der Waals surface area contributed by atoms with Crippen molar-refractivity contribution in [2.24, 2.45) is 0 Å². The second-order valence-electron chi connectivity index (χ2n) is 4.93. The summed E-state index contributed by atoms with van der Waals surface area (Å²) in [6.45, 7) is 3.34. The Morgan fingerprint density at radius 2 is 1.59 bits per heavy atom. The lowest BCUT2D eigenvalue weighted by Gasteiger charge is -2.28. The monoisotopic (exact) mass is 337 g/mol. The normalized spacial score (nSPS) is 12.7. The molecule has 22 heavy (non-hydrogen) atoms. The smallest absolute Gasteiger partial charge is 0.265 e. The van der Waals surface area contributed by atoms with Crippen LogP contribution in [0.15, 0.2) is 59.5 Å². The van der Waals surface area contributed by atoms with Crippen LogP contribution in [-0.4, -0.2) is 19.7 Å². The van der Waals surface area contributed by atoms with E-state index in [0.29, 0.717) is 5.69 Å². The third-order valence-corrected chi connectivity index (χ3v) is 5.50. The molecule has 2 rings (SSSR count). The van der Waals surface area contributed by atoms with E-state index < -0.39 is 21.3 Å². The van der Waals surface area contributed by atoms with Crippen LogP contribution in [-0.2, 0) is 14.8 Å². The van der Waals surface area contributed by atoms with Crippen molar-refractivity contribution in [2.75, 3.05) is 4.31 Å². The Morgan fingerprint density at radius 1 is 1.05 bits per heavy atom. The molecule has 0 radical (unpaired) electrons. The molecule has 2 aromatic rings. The molecule has 0 aliphatic rings. The van der Waals surface area contributed by atoms with E-state index in [4.69, 9.17) is 11.6 Å². The zero-order valence-corrected chi connectivity index (χ0v) is 13.8. The molecule has 0 spiro atoms. The van der Waals surface area contributed by atoms with Crippen LogP contribution in [0.5, 0.6) is 0 Å². The Morgan fingerprint density at radius 3 is 2.09 bits per heavy atom. The molecule has 1 unspecified atom stereocenters. The van der Waals surface area contributed by atoms with E-state index in [9.17, 15) is 13.2 Å². The zero-order valence-electron chi connectivity index (χ0n) is 12.2. The number of para-hydroxylation sites is 1. The Labute approximate surface area is 135 Å². The molecular weight excluding hydrogens is 322 g/mol. The summed E-state index contributed by atoms with van der Waals surface area (Å²) >= 11 is 5.55. The Hall–Kier alpha value is -1.85. The summed E-state index contributed by atoms with van der Waals surface area (Å²) in [5.74, 6) is 0. The number of carbonyl (C=O) groups is 1. The van der Waals surface area contributed by atoms with E-state index >= 15 is 0 Å². The third-order valence-electron chi connectivity index (χ3n) is 3.27. The van der Waals surface area contributed by atoms with Gasteiger partial charge in [-0.25, -0.2) is 8.42 Å². The van der Waals surface area contributed by atoms with Crippen molar-refractivity contribution in [3.8, 4) is 0 Å². The summed E-state index contributed by atoms with van der Waals surface area (Å²) in [6.07, 6.45) is 0. The van der Waals surface area contributed by atoms with Gasteiger partial charge < -0.3 is 0 Å². The molecular formula is C16H16ClNO3S. The molecule has 1 atom stereocenters. The third kappa shape index (κ3) is 3.31. The van der Waals surface area contributed by atoms with Crippen LogP contribution >= 0.6 is 11.6 Å². The van der Waals surface area contributed by atoms with Gasteiger partial charge in [0.15, 0.2) is 0 Å². The van der Waals surface area contributed by atoms with E-state index in [1.54, 1.807) is 42.5 Å². The summed E-state index contributed by atoms with van der Waals surface area (Å²) in [5, 5.41) is -0.737. The van der Waals surface area contributed by atoms with Crippen LogP contribution < -0.4 is 4.31 Å². The van der Waals surface area contributed by atoms with Gasteiger partial charge in [0.2, 0.25) is 5.24 Å². The molecule has 0 saturated heterocycles. The average molecular weight is 338 g/mol. The first-order valence-electron chi connectivity index (χ1n) is 6.69. The molecule has 6 heteroatoms. The molecule has 2 aromatic carbocycles. The first kappa shape index (κ1) is 16.5. The number of hydrogen-bond acceptors (Lipinski definition) is 3. The number of carbonyl (C=O) groups excluding carboxylic acids is 1. The standard InChI is InChI=1S/C16H16ClNO3S/c1-12-8-10-15(11-9-12)22(20,21)18(13(2)16(17)19)14-6-4-3-5-7-14/h3-11,13H,1-2H3. The van der Waals surface area contributed by atoms with Gasteiger partial charge in [0, 0.05) is 0 Å². The minimum Gasteiger partial charge on any atom is -0.279 e. The fourth-order valence-corrected chi connectivity index (χ4v) is 3.84. The van der Waals surface area contributed by atoms with Crippen molar-refractivity contribution in [2.45, 2.75) is 24.8 Å². The molecule has 0 N–H and O–H groups in total. The lowest BCUT2D eigenvalue weighted by atomic mass is 10.2. The first-order valence-corrected chi connectivity index (χ1v) is 8.51. The molecule has 0 amide bonds. The van der Waals surface area contributed by atoms with Crippen molar-refractivity contribution >= 4 is 32.6 Å². The highest BCUT2D eigenvalue weighted by molar-refractivity contribution is 7.93. The van der Waals surface area contributed by atoms with Crippen LogP contribution in [0, 0.1) is 6.92 Å². The minimum absolute atomic E-state index is 0.117. The maximum Gasteiger partial charge on any atom is 0.265 e. The van der Waals surface area contributed by atoms with Gasteiger partial charge in [-0.1, -0.05) is 35.9 Å². The van der Waals surface area contributed by atoms with Crippen molar-refractivity contribution in [1.29, 1.82) is 0 Å². The van der Waals surface area contributed by atoms with Crippen molar-refractivity contribution in [1.82, 2.24) is 0 Å². The molecule has 116 valence electrons. The fraction of sp³-hybridized carbons (Fsp3) is 0.188. The number of halogens is 1. The highest BCUT2D eigenvalue weighted by Gasteiger charge is 2.32. The topological polar surface area (TPSA) is 54.5 Å². The first-order chi connectivity index (χ1) is 10.3. The van der Waals surface area contributed by atoms with Crippen molar-refractivity contribution < 1.29 is 13.2 Å². The lowest BCUT2D eigenvalue weighted by Crippen LogP contribution is -2.42. The van der Waals surface area contributed by atoms with Crippen LogP contribution in [0.25, 0.3) is 0 Å². The van der Waals surface area contributed by atoms with Crippen LogP contribution in [0.2, 0.25) is 0 Å². The predicted octanol–water partition coefficient (Wildman–Crippen LogP) is 3.34. The van der Waals surface area contributed by atoms with Crippen LogP contribution in [0.1, 0.15) is 12.5 Å². The molecule has 0 aliphatic carbocycles. The predicted molar refractivity (Wildman–Crippen MR) is 87.6 cm³/mol. The second kappa shape index (κ2) is 6.50. The average Bonchev–Trinajstić information content (AvgIpc) is 2.48. The molecule has 0 heterocycles. The Bertz CT molecular complexity index is 758. The van der Waals surface area contributed by atoms with Gasteiger partial charge in [-0.3, -0.25) is 9.10 Å². The second-order valence-corrected chi connectivity index (χ2v) is 7.12. The molecule has 0 bridgehead atoms. The van der Waals surface area contributed by atoms with Gasteiger partial charge in [0.05, 0.1) is 10.6 Å². The van der Waals surface area contributed by atoms with E-state index in [1.807, 2.05) is 6.92 Å². The van der Waals surface area contributed by atoms with Crippen LogP contribution in [0.4, 0.5) is 5.69 Å². The Balaban J connectivity index is 2.58. The van der Waals surface area contributed by atoms with Gasteiger partial charge in [-0.05, 0) is 49.7 Å². The van der Waals surface area contributed by atoms with Crippen molar-refractivity contribution in [3.63, 3.8) is 0 Å². The highest BCUT2D eigenvalue weighted by atomic mass is 35.5. The van der Waals surface area contributed by atoms with E-state index in [1.165, 1.54) is 19.1 Å². The highest BCUT2D eigenvalue weighted by Crippen LogP contribution is 2.27. The fourth-order valence-electron chi connectivity index (χ4n) is 2.06.